The van der Waals surface area contributed by atoms with E-state index in [0.717, 1.165) is 89.0 Å². The molecular formula is C23H40N2O5S. The molecular weight excluding hydrogens is 416 g/mol. The molecule has 1 amide bonds. The maximum atomic E-state index is 12.3. The summed E-state index contributed by atoms with van der Waals surface area (Å²) in [5, 5.41) is 0. The van der Waals surface area contributed by atoms with Gasteiger partial charge in [-0.1, -0.05) is 0 Å². The maximum absolute atomic E-state index is 12.3. The molecule has 4 fully saturated rings. The summed E-state index contributed by atoms with van der Waals surface area (Å²) in [6.45, 7) is 8.27. The first-order valence-electron chi connectivity index (χ1n) is 12.3. The molecule has 0 unspecified atom stereocenters. The molecule has 0 radical (unpaired) electrons. The number of hydrogen-bond donors (Lipinski definition) is 0. The summed E-state index contributed by atoms with van der Waals surface area (Å²) in [5.74, 6) is 3.02. The van der Waals surface area contributed by atoms with Crippen molar-refractivity contribution in [2.45, 2.75) is 70.8 Å². The van der Waals surface area contributed by atoms with Crippen molar-refractivity contribution in [2.24, 2.45) is 23.7 Å². The van der Waals surface area contributed by atoms with Crippen LogP contribution in [0.1, 0.15) is 65.2 Å². The summed E-state index contributed by atoms with van der Waals surface area (Å²) in [6, 6.07) is 0. The predicted octanol–water partition coefficient (Wildman–Crippen LogP) is 3.49. The van der Waals surface area contributed by atoms with Crippen molar-refractivity contribution < 1.29 is 22.7 Å². The minimum absolute atomic E-state index is 0.114. The molecule has 2 aliphatic carbocycles. The van der Waals surface area contributed by atoms with E-state index < -0.39 is 10.0 Å². The van der Waals surface area contributed by atoms with Crippen molar-refractivity contribution in [3.8, 4) is 0 Å². The number of hydrogen-bond acceptors (Lipinski definition) is 5. The lowest BCUT2D eigenvalue weighted by Gasteiger charge is -2.32. The first-order valence-corrected chi connectivity index (χ1v) is 13.9. The van der Waals surface area contributed by atoms with Crippen LogP contribution in [-0.4, -0.2) is 74.5 Å². The number of likely N-dealkylation sites (tertiary alicyclic amines) is 1. The van der Waals surface area contributed by atoms with E-state index in [0.29, 0.717) is 19.0 Å². The third-order valence-corrected chi connectivity index (χ3v) is 9.87. The number of amides is 1. The Bertz CT molecular complexity index is 722. The van der Waals surface area contributed by atoms with Gasteiger partial charge in [0.15, 0.2) is 0 Å². The summed E-state index contributed by atoms with van der Waals surface area (Å²) >= 11 is 0. The number of ether oxygens (including phenoxy) is 2. The van der Waals surface area contributed by atoms with E-state index >= 15 is 0 Å². The average molecular weight is 457 g/mol. The molecule has 7 nitrogen and oxygen atoms in total. The van der Waals surface area contributed by atoms with Crippen LogP contribution in [0, 0.1) is 23.7 Å². The van der Waals surface area contributed by atoms with Crippen LogP contribution in [-0.2, 0) is 19.5 Å². The van der Waals surface area contributed by atoms with Gasteiger partial charge in [-0.2, -0.15) is 0 Å². The summed E-state index contributed by atoms with van der Waals surface area (Å²) in [7, 11) is -3.04. The van der Waals surface area contributed by atoms with E-state index in [9.17, 15) is 13.2 Å². The Morgan fingerprint density at radius 2 is 1.74 bits per heavy atom. The lowest BCUT2D eigenvalue weighted by Crippen LogP contribution is -2.40. The molecule has 2 saturated carbocycles. The van der Waals surface area contributed by atoms with Gasteiger partial charge >= 0.3 is 6.09 Å². The van der Waals surface area contributed by atoms with Crippen LogP contribution in [0.2, 0.25) is 0 Å². The molecule has 2 atom stereocenters. The molecule has 0 aromatic carbocycles. The van der Waals surface area contributed by atoms with Gasteiger partial charge in [0.25, 0.3) is 0 Å². The second-order valence-corrected chi connectivity index (χ2v) is 12.7. The molecule has 31 heavy (non-hydrogen) atoms. The fraction of sp³-hybridized carbons (Fsp3) is 0.957. The van der Waals surface area contributed by atoms with Crippen LogP contribution in [0.25, 0.3) is 0 Å². The average Bonchev–Trinajstić information content (AvgIpc) is 3.69. The van der Waals surface area contributed by atoms with Gasteiger partial charge in [-0.25, -0.2) is 17.5 Å². The van der Waals surface area contributed by atoms with Crippen LogP contribution in [0.3, 0.4) is 0 Å². The highest BCUT2D eigenvalue weighted by atomic mass is 32.2. The molecule has 0 N–H and O–H groups in total. The van der Waals surface area contributed by atoms with Crippen molar-refractivity contribution >= 4 is 16.1 Å². The Morgan fingerprint density at radius 1 is 1.06 bits per heavy atom. The number of carbonyl (C=O) groups is 1. The van der Waals surface area contributed by atoms with Gasteiger partial charge in [0.1, 0.15) is 5.60 Å². The number of carbonyl (C=O) groups excluding carboxylic acids is 1. The van der Waals surface area contributed by atoms with E-state index in [1.54, 1.807) is 11.2 Å². The van der Waals surface area contributed by atoms with E-state index in [1.165, 1.54) is 6.42 Å². The van der Waals surface area contributed by atoms with Crippen molar-refractivity contribution in [3.05, 3.63) is 0 Å². The minimum Gasteiger partial charge on any atom is -0.443 e. The molecule has 0 spiro atoms. The van der Waals surface area contributed by atoms with Crippen LogP contribution < -0.4 is 0 Å². The summed E-state index contributed by atoms with van der Waals surface area (Å²) < 4.78 is 37.1. The van der Waals surface area contributed by atoms with E-state index in [2.05, 4.69) is 0 Å². The van der Waals surface area contributed by atoms with Gasteiger partial charge < -0.3 is 14.4 Å². The highest BCUT2D eigenvalue weighted by Gasteiger charge is 2.45. The van der Waals surface area contributed by atoms with Gasteiger partial charge in [-0.05, 0) is 88.9 Å². The molecule has 0 aromatic rings. The van der Waals surface area contributed by atoms with Gasteiger partial charge in [0.05, 0.1) is 5.75 Å². The Hall–Kier alpha value is -0.860. The predicted molar refractivity (Wildman–Crippen MR) is 119 cm³/mol. The van der Waals surface area contributed by atoms with Gasteiger partial charge in [0, 0.05) is 39.4 Å². The fourth-order valence-corrected chi connectivity index (χ4v) is 6.40. The van der Waals surface area contributed by atoms with E-state index in [-0.39, 0.29) is 17.4 Å². The topological polar surface area (TPSA) is 76.2 Å². The standard InChI is InChI=1S/C23H40N2O5S/c1-3-31(27,28)25-13-4-18(5-14-25)17-29-15-8-20-16-21(20)19-6-11-24(12-7-19)22(26)30-23(2)9-10-23/h18-21H,3-17H2,1-2H3/t20-,21-/m1/s1. The Labute approximate surface area is 187 Å². The maximum Gasteiger partial charge on any atom is 0.410 e. The Balaban J connectivity index is 1.05. The van der Waals surface area contributed by atoms with Crippen LogP contribution >= 0.6 is 0 Å². The second kappa shape index (κ2) is 9.56. The molecule has 0 aromatic heterocycles. The molecule has 4 aliphatic rings. The van der Waals surface area contributed by atoms with Crippen LogP contribution in [0.5, 0.6) is 0 Å². The lowest BCUT2D eigenvalue weighted by molar-refractivity contribution is 0.0469. The zero-order valence-corrected chi connectivity index (χ0v) is 20.1. The number of sulfonamides is 1. The van der Waals surface area contributed by atoms with Crippen molar-refractivity contribution in [1.29, 1.82) is 0 Å². The van der Waals surface area contributed by atoms with E-state index in [4.69, 9.17) is 9.47 Å². The van der Waals surface area contributed by atoms with Crippen molar-refractivity contribution in [2.75, 3.05) is 45.1 Å². The highest BCUT2D eigenvalue weighted by Crippen LogP contribution is 2.50. The minimum atomic E-state index is -3.04. The Morgan fingerprint density at radius 3 is 2.35 bits per heavy atom. The summed E-state index contributed by atoms with van der Waals surface area (Å²) in [5.41, 5.74) is -0.181. The zero-order chi connectivity index (χ0) is 22.1. The Kier molecular flexibility index (Phi) is 7.18. The largest absolute Gasteiger partial charge is 0.443 e. The SMILES string of the molecule is CCS(=O)(=O)N1CCC(COCC[C@@H]2C[C@@H]2C2CCN(C(=O)OC3(C)CC3)CC2)CC1. The van der Waals surface area contributed by atoms with Gasteiger partial charge in [0.2, 0.25) is 10.0 Å². The molecule has 2 aliphatic heterocycles. The molecule has 178 valence electrons. The lowest BCUT2D eigenvalue weighted by atomic mass is 9.90. The van der Waals surface area contributed by atoms with Gasteiger partial charge in [-0.15, -0.1) is 0 Å². The van der Waals surface area contributed by atoms with E-state index in [1.807, 2.05) is 11.8 Å². The molecule has 0 bridgehead atoms. The smallest absolute Gasteiger partial charge is 0.410 e. The van der Waals surface area contributed by atoms with Crippen LogP contribution in [0.15, 0.2) is 0 Å². The number of nitrogens with zero attached hydrogens (tertiary/aromatic N) is 2. The molecule has 8 heteroatoms. The molecule has 2 saturated heterocycles. The summed E-state index contributed by atoms with van der Waals surface area (Å²) in [4.78, 5) is 14.2. The quantitative estimate of drug-likeness (QED) is 0.497. The fourth-order valence-electron chi connectivity index (χ4n) is 5.27. The first-order chi connectivity index (χ1) is 14.8. The normalized spacial score (nSPS) is 29.7. The number of piperidine rings is 2. The van der Waals surface area contributed by atoms with Crippen molar-refractivity contribution in [3.63, 3.8) is 0 Å². The third-order valence-electron chi connectivity index (χ3n) is 7.99. The molecule has 4 rings (SSSR count). The molecule has 2 heterocycles. The second-order valence-electron chi connectivity index (χ2n) is 10.4. The highest BCUT2D eigenvalue weighted by molar-refractivity contribution is 7.89. The van der Waals surface area contributed by atoms with Crippen LogP contribution in [0.4, 0.5) is 4.79 Å². The summed E-state index contributed by atoms with van der Waals surface area (Å²) in [6.07, 6.45) is 8.36. The number of rotatable bonds is 9. The zero-order valence-electron chi connectivity index (χ0n) is 19.3. The van der Waals surface area contributed by atoms with Gasteiger partial charge in [-0.3, -0.25) is 0 Å². The van der Waals surface area contributed by atoms with Crippen molar-refractivity contribution in [1.82, 2.24) is 9.21 Å². The third kappa shape index (κ3) is 6.14. The monoisotopic (exact) mass is 456 g/mol. The first kappa shape index (κ1) is 23.3.